The third-order valence-electron chi connectivity index (χ3n) is 4.81. The van der Waals surface area contributed by atoms with Crippen molar-refractivity contribution in [3.63, 3.8) is 0 Å². The fourth-order valence-corrected chi connectivity index (χ4v) is 3.27. The maximum absolute atomic E-state index is 13.1. The highest BCUT2D eigenvalue weighted by Crippen LogP contribution is 2.32. The van der Waals surface area contributed by atoms with Gasteiger partial charge in [0.1, 0.15) is 5.41 Å². The molecule has 0 aromatic heterocycles. The lowest BCUT2D eigenvalue weighted by molar-refractivity contribution is -0.156. The van der Waals surface area contributed by atoms with Gasteiger partial charge in [-0.25, -0.2) is 4.79 Å². The van der Waals surface area contributed by atoms with Crippen LogP contribution >= 0.6 is 0 Å². The van der Waals surface area contributed by atoms with Crippen LogP contribution in [0.3, 0.4) is 0 Å². The van der Waals surface area contributed by atoms with Gasteiger partial charge in [-0.3, -0.25) is 24.2 Å². The van der Waals surface area contributed by atoms with Gasteiger partial charge in [0.05, 0.1) is 6.54 Å². The first kappa shape index (κ1) is 18.5. The zero-order chi connectivity index (χ0) is 19.6. The molecule has 1 heterocycles. The summed E-state index contributed by atoms with van der Waals surface area (Å²) in [6.07, 6.45) is 0.152. The second kappa shape index (κ2) is 7.15. The summed E-state index contributed by atoms with van der Waals surface area (Å²) in [5.41, 5.74) is -0.234. The van der Waals surface area contributed by atoms with E-state index in [1.54, 1.807) is 30.3 Å². The molecule has 1 saturated heterocycles. The number of urea groups is 1. The van der Waals surface area contributed by atoms with Crippen molar-refractivity contribution in [2.75, 3.05) is 13.6 Å². The van der Waals surface area contributed by atoms with Crippen LogP contribution in [-0.4, -0.2) is 47.0 Å². The number of hydrogen-bond acceptors (Lipinski definition) is 4. The molecule has 1 unspecified atom stereocenters. The average molecular weight is 364 g/mol. The molecule has 0 aliphatic carbocycles. The fourth-order valence-electron chi connectivity index (χ4n) is 3.27. The molecule has 0 saturated carbocycles. The lowest BCUT2D eigenvalue weighted by Gasteiger charge is -2.40. The van der Waals surface area contributed by atoms with Crippen molar-refractivity contribution in [3.05, 3.63) is 71.8 Å². The Hall–Kier alpha value is -3.28. The zero-order valence-corrected chi connectivity index (χ0v) is 15.2. The van der Waals surface area contributed by atoms with Gasteiger partial charge in [0.25, 0.3) is 0 Å². The van der Waals surface area contributed by atoms with Crippen LogP contribution in [0.2, 0.25) is 0 Å². The molecule has 0 bridgehead atoms. The monoisotopic (exact) mass is 364 g/mol. The summed E-state index contributed by atoms with van der Waals surface area (Å²) < 4.78 is 0. The summed E-state index contributed by atoms with van der Waals surface area (Å²) in [6, 6.07) is 16.8. The smallest absolute Gasteiger partial charge is 0.292 e. The Kier molecular flexibility index (Phi) is 4.90. The van der Waals surface area contributed by atoms with Crippen molar-refractivity contribution in [2.24, 2.45) is 5.41 Å². The molecule has 0 N–H and O–H groups in total. The van der Waals surface area contributed by atoms with E-state index in [1.807, 2.05) is 30.3 Å². The van der Waals surface area contributed by atoms with Gasteiger partial charge in [-0.05, 0) is 18.9 Å². The van der Waals surface area contributed by atoms with Crippen LogP contribution < -0.4 is 0 Å². The van der Waals surface area contributed by atoms with Crippen molar-refractivity contribution >= 4 is 23.6 Å². The number of benzene rings is 2. The minimum atomic E-state index is -1.44. The Balaban J connectivity index is 1.90. The molecule has 138 valence electrons. The van der Waals surface area contributed by atoms with Crippen LogP contribution in [0.25, 0.3) is 0 Å². The average Bonchev–Trinajstić information content (AvgIpc) is 2.70. The number of nitrogens with zero attached hydrogens (tertiary/aromatic N) is 2. The number of carbonyl (C=O) groups excluding carboxylic acids is 4. The maximum Gasteiger partial charge on any atom is 0.333 e. The van der Waals surface area contributed by atoms with Gasteiger partial charge in [-0.15, -0.1) is 0 Å². The number of amides is 4. The standard InChI is InChI=1S/C21H20N2O4/c1-21(13-15-9-5-3-6-10-15)18(25)22(2)20(27)23(19(21)26)14-17(24)16-11-7-4-8-12-16/h3-12H,13-14H2,1-2H3. The summed E-state index contributed by atoms with van der Waals surface area (Å²) in [4.78, 5) is 52.7. The highest BCUT2D eigenvalue weighted by atomic mass is 16.2. The summed E-state index contributed by atoms with van der Waals surface area (Å²) in [6.45, 7) is 1.12. The third kappa shape index (κ3) is 3.38. The van der Waals surface area contributed by atoms with Gasteiger partial charge in [-0.2, -0.15) is 0 Å². The molecule has 1 aliphatic rings. The van der Waals surface area contributed by atoms with E-state index < -0.39 is 29.8 Å². The van der Waals surface area contributed by atoms with Crippen molar-refractivity contribution in [2.45, 2.75) is 13.3 Å². The quantitative estimate of drug-likeness (QED) is 0.604. The first-order chi connectivity index (χ1) is 12.8. The molecular weight excluding hydrogens is 344 g/mol. The molecule has 6 nitrogen and oxygen atoms in total. The molecule has 1 atom stereocenters. The Morgan fingerprint density at radius 3 is 2.04 bits per heavy atom. The number of imide groups is 2. The van der Waals surface area contributed by atoms with Gasteiger partial charge < -0.3 is 0 Å². The van der Waals surface area contributed by atoms with Crippen LogP contribution in [0.15, 0.2) is 60.7 Å². The van der Waals surface area contributed by atoms with E-state index >= 15 is 0 Å². The molecule has 27 heavy (non-hydrogen) atoms. The van der Waals surface area contributed by atoms with Gasteiger partial charge in [0.2, 0.25) is 11.8 Å². The largest absolute Gasteiger partial charge is 0.333 e. The molecule has 1 aliphatic heterocycles. The highest BCUT2D eigenvalue weighted by molar-refractivity contribution is 6.20. The third-order valence-corrected chi connectivity index (χ3v) is 4.81. The summed E-state index contributed by atoms with van der Waals surface area (Å²) in [7, 11) is 1.33. The van der Waals surface area contributed by atoms with Crippen molar-refractivity contribution in [1.82, 2.24) is 9.80 Å². The van der Waals surface area contributed by atoms with Crippen LogP contribution in [0, 0.1) is 5.41 Å². The number of Topliss-reactive ketones (excluding diaryl/α,β-unsaturated/α-hetero) is 1. The lowest BCUT2D eigenvalue weighted by Crippen LogP contribution is -2.64. The molecule has 1 fully saturated rings. The maximum atomic E-state index is 13.1. The molecule has 0 spiro atoms. The van der Waals surface area contributed by atoms with Gasteiger partial charge in [0, 0.05) is 12.6 Å². The zero-order valence-electron chi connectivity index (χ0n) is 15.2. The number of hydrogen-bond donors (Lipinski definition) is 0. The second-order valence-electron chi connectivity index (χ2n) is 6.82. The Bertz CT molecular complexity index is 895. The molecule has 4 amide bonds. The van der Waals surface area contributed by atoms with Crippen molar-refractivity contribution in [3.8, 4) is 0 Å². The van der Waals surface area contributed by atoms with Crippen LogP contribution in [0.4, 0.5) is 4.79 Å². The molecule has 3 rings (SSSR count). The SMILES string of the molecule is CN1C(=O)N(CC(=O)c2ccccc2)C(=O)C(C)(Cc2ccccc2)C1=O. The first-order valence-electron chi connectivity index (χ1n) is 8.61. The van der Waals surface area contributed by atoms with E-state index in [0.29, 0.717) is 5.56 Å². The number of carbonyl (C=O) groups is 4. The first-order valence-corrected chi connectivity index (χ1v) is 8.61. The van der Waals surface area contributed by atoms with E-state index in [0.717, 1.165) is 15.4 Å². The molecule has 2 aromatic rings. The van der Waals surface area contributed by atoms with E-state index in [1.165, 1.54) is 14.0 Å². The predicted molar refractivity (Wildman–Crippen MR) is 98.9 cm³/mol. The second-order valence-corrected chi connectivity index (χ2v) is 6.82. The van der Waals surface area contributed by atoms with Crippen molar-refractivity contribution < 1.29 is 19.2 Å². The lowest BCUT2D eigenvalue weighted by atomic mass is 9.79. The number of rotatable bonds is 5. The van der Waals surface area contributed by atoms with Crippen LogP contribution in [-0.2, 0) is 16.0 Å². The van der Waals surface area contributed by atoms with E-state index in [2.05, 4.69) is 0 Å². The fraction of sp³-hybridized carbons (Fsp3) is 0.238. The summed E-state index contributed by atoms with van der Waals surface area (Å²) >= 11 is 0. The number of barbiturate groups is 1. The van der Waals surface area contributed by atoms with Crippen LogP contribution in [0.5, 0.6) is 0 Å². The van der Waals surface area contributed by atoms with E-state index in [9.17, 15) is 19.2 Å². The summed E-state index contributed by atoms with van der Waals surface area (Å²) in [5, 5.41) is 0. The minimum Gasteiger partial charge on any atom is -0.292 e. The highest BCUT2D eigenvalue weighted by Gasteiger charge is 2.53. The predicted octanol–water partition coefficient (Wildman–Crippen LogP) is 2.54. The van der Waals surface area contributed by atoms with Gasteiger partial charge in [-0.1, -0.05) is 60.7 Å². The molecule has 0 radical (unpaired) electrons. The van der Waals surface area contributed by atoms with Gasteiger partial charge >= 0.3 is 6.03 Å². The molecule has 2 aromatic carbocycles. The Labute approximate surface area is 157 Å². The minimum absolute atomic E-state index is 0.152. The topological polar surface area (TPSA) is 74.8 Å². The van der Waals surface area contributed by atoms with E-state index in [4.69, 9.17) is 0 Å². The molecule has 6 heteroatoms. The van der Waals surface area contributed by atoms with Crippen LogP contribution in [0.1, 0.15) is 22.8 Å². The summed E-state index contributed by atoms with van der Waals surface area (Å²) in [5.74, 6) is -1.57. The van der Waals surface area contributed by atoms with Gasteiger partial charge in [0.15, 0.2) is 5.78 Å². The Morgan fingerprint density at radius 2 is 1.44 bits per heavy atom. The van der Waals surface area contributed by atoms with E-state index in [-0.39, 0.29) is 12.2 Å². The normalized spacial score (nSPS) is 20.1. The Morgan fingerprint density at radius 1 is 0.889 bits per heavy atom. The number of ketones is 1. The molecular formula is C21H20N2O4. The van der Waals surface area contributed by atoms with Crippen molar-refractivity contribution in [1.29, 1.82) is 0 Å².